The van der Waals surface area contributed by atoms with Crippen molar-refractivity contribution in [2.24, 2.45) is 9.98 Å². The molecule has 0 unspecified atom stereocenters. The van der Waals surface area contributed by atoms with Crippen LogP contribution < -0.4 is 5.32 Å². The first-order chi connectivity index (χ1) is 17.0. The summed E-state index contributed by atoms with van der Waals surface area (Å²) in [5.41, 5.74) is 0. The van der Waals surface area contributed by atoms with Crippen LogP contribution in [0.2, 0.25) is 0 Å². The molecule has 0 aromatic heterocycles. The summed E-state index contributed by atoms with van der Waals surface area (Å²) in [4.78, 5) is 20.7. The van der Waals surface area contributed by atoms with Gasteiger partial charge in [-0.25, -0.2) is 4.79 Å². The second kappa shape index (κ2) is 18.2. The summed E-state index contributed by atoms with van der Waals surface area (Å²) >= 11 is 1.66. The summed E-state index contributed by atoms with van der Waals surface area (Å²) in [6.45, 7) is 6.07. The van der Waals surface area contributed by atoms with Crippen LogP contribution in [0.3, 0.4) is 0 Å². The molecule has 0 saturated heterocycles. The van der Waals surface area contributed by atoms with Crippen LogP contribution in [0.4, 0.5) is 0 Å². The summed E-state index contributed by atoms with van der Waals surface area (Å²) < 4.78 is -0.309. The van der Waals surface area contributed by atoms with Gasteiger partial charge in [-0.2, -0.15) is 0 Å². The number of hydrogen-bond acceptors (Lipinski definition) is 5. The maximum atomic E-state index is 11.3. The van der Waals surface area contributed by atoms with Gasteiger partial charge in [0.25, 0.3) is 0 Å². The SMILES string of the molecule is CC1(C)SC(CCCCCCCCCCCNC2=NCCCCCCCCCCC2)=N[C@@H]1C(=O)O. The van der Waals surface area contributed by atoms with Crippen LogP contribution >= 0.6 is 11.8 Å². The Morgan fingerprint density at radius 2 is 1.40 bits per heavy atom. The molecule has 2 aliphatic heterocycles. The van der Waals surface area contributed by atoms with Crippen molar-refractivity contribution in [1.82, 2.24) is 5.32 Å². The summed E-state index contributed by atoms with van der Waals surface area (Å²) in [6.07, 6.45) is 25.9. The number of thioether (sulfide) groups is 1. The molecule has 0 fully saturated rings. The third-order valence-corrected chi connectivity index (χ3v) is 8.61. The number of hydrogen-bond donors (Lipinski definition) is 2. The standard InChI is InChI=1S/C29H53N3O2S/c1-29(2)27(28(33)34)32-26(35-29)22-18-14-10-6-4-8-12-16-20-24-31-25-21-17-13-9-5-3-7-11-15-19-23-30-25/h27H,3-24H2,1-2H3,(H,30,31)(H,33,34)/t27-/m1/s1. The van der Waals surface area contributed by atoms with E-state index in [1.165, 1.54) is 115 Å². The molecule has 5 nitrogen and oxygen atoms in total. The van der Waals surface area contributed by atoms with Gasteiger partial charge < -0.3 is 10.4 Å². The van der Waals surface area contributed by atoms with Crippen molar-refractivity contribution in [2.45, 2.75) is 153 Å². The molecule has 0 amide bonds. The van der Waals surface area contributed by atoms with E-state index in [-0.39, 0.29) is 4.75 Å². The van der Waals surface area contributed by atoms with E-state index in [4.69, 9.17) is 4.99 Å². The van der Waals surface area contributed by atoms with Gasteiger partial charge in [-0.1, -0.05) is 89.9 Å². The lowest BCUT2D eigenvalue weighted by molar-refractivity contribution is -0.138. The molecule has 2 rings (SSSR count). The maximum Gasteiger partial charge on any atom is 0.329 e. The number of carboxylic acid groups (broad SMARTS) is 1. The molecule has 6 heteroatoms. The first-order valence-corrected chi connectivity index (χ1v) is 15.6. The third kappa shape index (κ3) is 13.7. The van der Waals surface area contributed by atoms with Crippen molar-refractivity contribution in [1.29, 1.82) is 0 Å². The fourth-order valence-electron chi connectivity index (χ4n) is 5.10. The van der Waals surface area contributed by atoms with Crippen LogP contribution in [-0.4, -0.2) is 45.8 Å². The Balaban J connectivity index is 1.43. The van der Waals surface area contributed by atoms with Gasteiger partial charge in [-0.15, -0.1) is 11.8 Å². The lowest BCUT2D eigenvalue weighted by atomic mass is 10.0. The largest absolute Gasteiger partial charge is 0.480 e. The molecule has 0 bridgehead atoms. The molecule has 202 valence electrons. The predicted octanol–water partition coefficient (Wildman–Crippen LogP) is 8.17. The van der Waals surface area contributed by atoms with Gasteiger partial charge in [0, 0.05) is 24.3 Å². The molecule has 0 saturated carbocycles. The smallest absolute Gasteiger partial charge is 0.329 e. The molecule has 2 aliphatic rings. The summed E-state index contributed by atoms with van der Waals surface area (Å²) in [5, 5.41) is 14.0. The van der Waals surface area contributed by atoms with E-state index in [2.05, 4.69) is 10.3 Å². The second-order valence-electron chi connectivity index (χ2n) is 11.1. The van der Waals surface area contributed by atoms with Crippen LogP contribution in [0.1, 0.15) is 142 Å². The first kappa shape index (κ1) is 30.2. The van der Waals surface area contributed by atoms with Crippen molar-refractivity contribution in [3.8, 4) is 0 Å². The van der Waals surface area contributed by atoms with Gasteiger partial charge >= 0.3 is 5.97 Å². The highest BCUT2D eigenvalue weighted by Crippen LogP contribution is 2.39. The average molecular weight is 508 g/mol. The van der Waals surface area contributed by atoms with Crippen molar-refractivity contribution < 1.29 is 9.90 Å². The molecular weight excluding hydrogens is 454 g/mol. The van der Waals surface area contributed by atoms with Crippen LogP contribution in [0.15, 0.2) is 9.98 Å². The number of carbonyl (C=O) groups is 1. The Morgan fingerprint density at radius 3 is 2.00 bits per heavy atom. The van der Waals surface area contributed by atoms with E-state index in [1.54, 1.807) is 11.8 Å². The van der Waals surface area contributed by atoms with Gasteiger partial charge in [-0.05, 0) is 46.0 Å². The monoisotopic (exact) mass is 507 g/mol. The molecule has 0 aliphatic carbocycles. The van der Waals surface area contributed by atoms with Gasteiger partial charge in [0.2, 0.25) is 0 Å². The predicted molar refractivity (Wildman–Crippen MR) is 153 cm³/mol. The van der Waals surface area contributed by atoms with Gasteiger partial charge in [-0.3, -0.25) is 9.98 Å². The molecule has 2 heterocycles. The first-order valence-electron chi connectivity index (χ1n) is 14.7. The Bertz CT molecular complexity index is 648. The van der Waals surface area contributed by atoms with Crippen LogP contribution in [0.25, 0.3) is 0 Å². The van der Waals surface area contributed by atoms with E-state index in [0.29, 0.717) is 0 Å². The molecule has 0 aromatic carbocycles. The fraction of sp³-hybridized carbons (Fsp3) is 0.897. The molecule has 0 spiro atoms. The Kier molecular flexibility index (Phi) is 15.7. The number of unbranched alkanes of at least 4 members (excludes halogenated alkanes) is 8. The molecule has 1 atom stereocenters. The van der Waals surface area contributed by atoms with Crippen molar-refractivity contribution >= 4 is 28.6 Å². The average Bonchev–Trinajstić information content (AvgIpc) is 3.14. The lowest BCUT2D eigenvalue weighted by Crippen LogP contribution is -2.34. The summed E-state index contributed by atoms with van der Waals surface area (Å²) in [5.74, 6) is 0.474. The molecule has 0 radical (unpaired) electrons. The number of nitrogens with one attached hydrogen (secondary N) is 1. The zero-order valence-electron chi connectivity index (χ0n) is 22.8. The van der Waals surface area contributed by atoms with Crippen LogP contribution in [0.5, 0.6) is 0 Å². The minimum absolute atomic E-state index is 0.309. The maximum absolute atomic E-state index is 11.3. The number of rotatable bonds is 13. The van der Waals surface area contributed by atoms with E-state index in [1.807, 2.05) is 13.8 Å². The highest BCUT2D eigenvalue weighted by Gasteiger charge is 2.41. The molecule has 35 heavy (non-hydrogen) atoms. The fourth-order valence-corrected chi connectivity index (χ4v) is 6.38. The van der Waals surface area contributed by atoms with E-state index in [9.17, 15) is 9.90 Å². The lowest BCUT2D eigenvalue weighted by Gasteiger charge is -2.20. The Morgan fingerprint density at radius 1 is 0.857 bits per heavy atom. The highest BCUT2D eigenvalue weighted by atomic mass is 32.2. The quantitative estimate of drug-likeness (QED) is 0.247. The zero-order chi connectivity index (χ0) is 25.2. The molecular formula is C29H53N3O2S. The molecule has 2 N–H and O–H groups in total. The third-order valence-electron chi connectivity index (χ3n) is 7.32. The topological polar surface area (TPSA) is 74.0 Å². The van der Waals surface area contributed by atoms with Gasteiger partial charge in [0.1, 0.15) is 0 Å². The van der Waals surface area contributed by atoms with Gasteiger partial charge in [0.05, 0.1) is 10.9 Å². The highest BCUT2D eigenvalue weighted by molar-refractivity contribution is 8.15. The Hall–Kier alpha value is -1.04. The van der Waals surface area contributed by atoms with Crippen molar-refractivity contribution in [3.05, 3.63) is 0 Å². The second-order valence-corrected chi connectivity index (χ2v) is 12.8. The van der Waals surface area contributed by atoms with Crippen LogP contribution in [-0.2, 0) is 4.79 Å². The normalized spacial score (nSPS) is 21.8. The number of nitrogens with zero attached hydrogens (tertiary/aromatic N) is 2. The van der Waals surface area contributed by atoms with Crippen LogP contribution in [0, 0.1) is 0 Å². The van der Waals surface area contributed by atoms with Crippen molar-refractivity contribution in [3.63, 3.8) is 0 Å². The summed E-state index contributed by atoms with van der Waals surface area (Å²) in [7, 11) is 0. The minimum atomic E-state index is -0.797. The number of carboxylic acids is 1. The van der Waals surface area contributed by atoms with E-state index < -0.39 is 12.0 Å². The van der Waals surface area contributed by atoms with E-state index >= 15 is 0 Å². The summed E-state index contributed by atoms with van der Waals surface area (Å²) in [6, 6.07) is -0.588. The zero-order valence-corrected chi connectivity index (χ0v) is 23.6. The van der Waals surface area contributed by atoms with Crippen molar-refractivity contribution in [2.75, 3.05) is 13.1 Å². The Labute approximate surface area is 219 Å². The van der Waals surface area contributed by atoms with Gasteiger partial charge in [0.15, 0.2) is 6.04 Å². The van der Waals surface area contributed by atoms with E-state index in [0.717, 1.165) is 37.4 Å². The molecule has 0 aromatic rings. The number of amidine groups is 1. The number of aliphatic imine (C=N–C) groups is 2. The minimum Gasteiger partial charge on any atom is -0.480 e. The number of aliphatic carboxylic acids is 1.